The summed E-state index contributed by atoms with van der Waals surface area (Å²) in [6, 6.07) is 1.84. The van der Waals surface area contributed by atoms with Crippen molar-refractivity contribution < 1.29 is 15.0 Å². The van der Waals surface area contributed by atoms with Gasteiger partial charge in [0, 0.05) is 10.8 Å². The lowest BCUT2D eigenvalue weighted by Crippen LogP contribution is -2.62. The van der Waals surface area contributed by atoms with E-state index in [2.05, 4.69) is 40.7 Å². The summed E-state index contributed by atoms with van der Waals surface area (Å²) >= 11 is 0. The van der Waals surface area contributed by atoms with E-state index in [1.54, 1.807) is 0 Å². The third kappa shape index (κ3) is 2.51. The molecule has 0 aromatic heterocycles. The van der Waals surface area contributed by atoms with Crippen molar-refractivity contribution >= 4 is 6.29 Å². The molecule has 0 aliphatic heterocycles. The minimum atomic E-state index is -0.194. The number of benzene rings is 1. The summed E-state index contributed by atoms with van der Waals surface area (Å²) in [5.74, 6) is 0.576. The number of hydrogen-bond donors (Lipinski definition) is 2. The van der Waals surface area contributed by atoms with Crippen molar-refractivity contribution in [1.29, 1.82) is 0 Å². The van der Waals surface area contributed by atoms with Gasteiger partial charge in [0.25, 0.3) is 0 Å². The fraction of sp³-hybridized carbons (Fsp3) is 0.690. The second-order valence-corrected chi connectivity index (χ2v) is 13.0. The molecule has 5 rings (SSSR count). The van der Waals surface area contributed by atoms with Crippen LogP contribution in [0.2, 0.25) is 0 Å². The number of rotatable bonds is 1. The first-order valence-electron chi connectivity index (χ1n) is 12.6. The summed E-state index contributed by atoms with van der Waals surface area (Å²) in [5.41, 5.74) is 4.99. The zero-order chi connectivity index (χ0) is 23.3. The van der Waals surface area contributed by atoms with Crippen molar-refractivity contribution in [3.05, 3.63) is 34.4 Å². The number of carbonyl (C=O) groups is 1. The van der Waals surface area contributed by atoms with Crippen molar-refractivity contribution in [2.24, 2.45) is 27.6 Å². The highest BCUT2D eigenvalue weighted by atomic mass is 16.3. The molecule has 0 heterocycles. The predicted molar refractivity (Wildman–Crippen MR) is 128 cm³/mol. The molecule has 0 amide bonds. The Labute approximate surface area is 193 Å². The highest BCUT2D eigenvalue weighted by Gasteiger charge is 2.66. The molecule has 3 nitrogen and oxygen atoms in total. The highest BCUT2D eigenvalue weighted by molar-refractivity contribution is 5.61. The smallest absolute Gasteiger partial charge is 0.160 e. The minimum absolute atomic E-state index is 0.00691. The molecule has 4 aliphatic carbocycles. The molecular formula is C29H40O3. The molecule has 0 radical (unpaired) electrons. The lowest BCUT2D eigenvalue weighted by molar-refractivity contribution is -0.161. The van der Waals surface area contributed by atoms with Crippen LogP contribution in [0.4, 0.5) is 0 Å². The van der Waals surface area contributed by atoms with Gasteiger partial charge in [0.1, 0.15) is 6.29 Å². The van der Waals surface area contributed by atoms with E-state index in [1.165, 1.54) is 35.8 Å². The maximum Gasteiger partial charge on any atom is 0.160 e. The molecule has 0 spiro atoms. The molecule has 0 saturated heterocycles. The van der Waals surface area contributed by atoms with Crippen LogP contribution in [-0.2, 0) is 16.6 Å². The zero-order valence-electron chi connectivity index (χ0n) is 20.8. The Hall–Kier alpha value is -1.77. The third-order valence-corrected chi connectivity index (χ3v) is 11.4. The van der Waals surface area contributed by atoms with Crippen molar-refractivity contribution in [2.45, 2.75) is 98.3 Å². The standard InChI is InChI=1S/C29H40O3/c1-18-19-7-8-22-27(4,20(19)15-21(31)24(18)32)12-14-29(6)23-16-25(2,17-30)9-10-26(23,3)11-13-28(22,29)5/h8,15,17,23,31-32H,7,9-14,16H2,1-6H3/t23-,25-,26-,27+,28-,29+/m1/s1. The topological polar surface area (TPSA) is 57.5 Å². The van der Waals surface area contributed by atoms with Gasteiger partial charge in [-0.05, 0) is 103 Å². The monoisotopic (exact) mass is 436 g/mol. The maximum absolute atomic E-state index is 12.1. The summed E-state index contributed by atoms with van der Waals surface area (Å²) in [4.78, 5) is 12.1. The van der Waals surface area contributed by atoms with Gasteiger partial charge < -0.3 is 15.0 Å². The Kier molecular flexibility index (Phi) is 4.42. The number of hydrogen-bond acceptors (Lipinski definition) is 3. The molecule has 1 aromatic carbocycles. The number of fused-ring (bicyclic) bond motifs is 7. The van der Waals surface area contributed by atoms with Crippen LogP contribution in [0.5, 0.6) is 11.5 Å². The molecule has 0 bridgehead atoms. The van der Waals surface area contributed by atoms with Gasteiger partial charge in [0.05, 0.1) is 0 Å². The van der Waals surface area contributed by atoms with Gasteiger partial charge in [-0.15, -0.1) is 0 Å². The van der Waals surface area contributed by atoms with E-state index in [9.17, 15) is 15.0 Å². The minimum Gasteiger partial charge on any atom is -0.504 e. The Morgan fingerprint density at radius 3 is 2.34 bits per heavy atom. The van der Waals surface area contributed by atoms with E-state index in [4.69, 9.17) is 0 Å². The van der Waals surface area contributed by atoms with Gasteiger partial charge in [0.2, 0.25) is 0 Å². The maximum atomic E-state index is 12.1. The Morgan fingerprint density at radius 1 is 0.969 bits per heavy atom. The Balaban J connectivity index is 1.64. The Bertz CT molecular complexity index is 1040. The summed E-state index contributed by atoms with van der Waals surface area (Å²) in [6.07, 6.45) is 12.3. The summed E-state index contributed by atoms with van der Waals surface area (Å²) in [7, 11) is 0. The lowest BCUT2D eigenvalue weighted by Gasteiger charge is -2.69. The first-order valence-corrected chi connectivity index (χ1v) is 12.6. The predicted octanol–water partition coefficient (Wildman–Crippen LogP) is 6.76. The first kappa shape index (κ1) is 22.0. The molecule has 3 heteroatoms. The fourth-order valence-corrected chi connectivity index (χ4v) is 8.83. The van der Waals surface area contributed by atoms with Crippen LogP contribution in [0.3, 0.4) is 0 Å². The lowest BCUT2D eigenvalue weighted by atomic mass is 9.34. The molecule has 174 valence electrons. The van der Waals surface area contributed by atoms with Gasteiger partial charge in [-0.1, -0.05) is 46.3 Å². The second-order valence-electron chi connectivity index (χ2n) is 13.0. The number of carbonyl (C=O) groups excluding carboxylic acids is 1. The zero-order valence-corrected chi connectivity index (χ0v) is 20.8. The normalized spacial score (nSPS) is 45.1. The van der Waals surface area contributed by atoms with Crippen molar-refractivity contribution in [3.63, 3.8) is 0 Å². The van der Waals surface area contributed by atoms with E-state index in [1.807, 2.05) is 13.0 Å². The second kappa shape index (κ2) is 6.42. The molecule has 32 heavy (non-hydrogen) atoms. The van der Waals surface area contributed by atoms with Crippen LogP contribution in [0.15, 0.2) is 17.7 Å². The fourth-order valence-electron chi connectivity index (χ4n) is 8.83. The van der Waals surface area contributed by atoms with Crippen molar-refractivity contribution in [1.82, 2.24) is 0 Å². The average Bonchev–Trinajstić information content (AvgIpc) is 2.76. The molecule has 3 fully saturated rings. The number of phenols is 2. The SMILES string of the molecule is Cc1c(O)c(O)cc2c1CC=C1[C@@]2(C)CC[C@@]2(C)[C@@H]3C[C@](C)(C=O)CC[C@]3(C)CC[C@]12C. The third-order valence-electron chi connectivity index (χ3n) is 11.4. The summed E-state index contributed by atoms with van der Waals surface area (Å²) in [5, 5.41) is 20.8. The molecule has 4 aliphatic rings. The average molecular weight is 437 g/mol. The van der Waals surface area contributed by atoms with E-state index >= 15 is 0 Å². The van der Waals surface area contributed by atoms with Gasteiger partial charge in [-0.2, -0.15) is 0 Å². The number of aromatic hydroxyl groups is 2. The first-order chi connectivity index (χ1) is 14.8. The van der Waals surface area contributed by atoms with Crippen LogP contribution in [0.1, 0.15) is 96.3 Å². The van der Waals surface area contributed by atoms with E-state index < -0.39 is 0 Å². The molecule has 0 unspecified atom stereocenters. The van der Waals surface area contributed by atoms with Crippen LogP contribution in [0.25, 0.3) is 0 Å². The Morgan fingerprint density at radius 2 is 1.66 bits per heavy atom. The number of aldehydes is 1. The van der Waals surface area contributed by atoms with Gasteiger partial charge in [-0.3, -0.25) is 0 Å². The van der Waals surface area contributed by atoms with E-state index in [0.29, 0.717) is 11.3 Å². The number of phenolic OH excluding ortho intramolecular Hbond substituents is 2. The van der Waals surface area contributed by atoms with Crippen molar-refractivity contribution in [2.75, 3.05) is 0 Å². The van der Waals surface area contributed by atoms with Gasteiger partial charge in [-0.25, -0.2) is 0 Å². The van der Waals surface area contributed by atoms with Crippen LogP contribution in [-0.4, -0.2) is 16.5 Å². The molecular weight excluding hydrogens is 396 g/mol. The summed E-state index contributed by atoms with van der Waals surface area (Å²) in [6.45, 7) is 14.0. The van der Waals surface area contributed by atoms with Crippen LogP contribution in [0, 0.1) is 34.5 Å². The number of allylic oxidation sites excluding steroid dienone is 2. The highest BCUT2D eigenvalue weighted by Crippen LogP contribution is 2.74. The molecule has 3 saturated carbocycles. The quantitative estimate of drug-likeness (QED) is 0.290. The van der Waals surface area contributed by atoms with Crippen molar-refractivity contribution in [3.8, 4) is 11.5 Å². The van der Waals surface area contributed by atoms with E-state index in [0.717, 1.165) is 44.1 Å². The molecule has 2 N–H and O–H groups in total. The van der Waals surface area contributed by atoms with Gasteiger partial charge >= 0.3 is 0 Å². The molecule has 6 atom stereocenters. The largest absolute Gasteiger partial charge is 0.504 e. The van der Waals surface area contributed by atoms with E-state index in [-0.39, 0.29) is 33.2 Å². The van der Waals surface area contributed by atoms with Crippen LogP contribution < -0.4 is 0 Å². The molecule has 1 aromatic rings. The summed E-state index contributed by atoms with van der Waals surface area (Å²) < 4.78 is 0. The van der Waals surface area contributed by atoms with Crippen LogP contribution >= 0.6 is 0 Å². The van der Waals surface area contributed by atoms with Gasteiger partial charge in [0.15, 0.2) is 11.5 Å².